The van der Waals surface area contributed by atoms with Crippen LogP contribution in [0.5, 0.6) is 0 Å². The van der Waals surface area contributed by atoms with Gasteiger partial charge >= 0.3 is 0 Å². The molecule has 0 radical (unpaired) electrons. The molecule has 1 N–H and O–H groups in total. The van der Waals surface area contributed by atoms with Crippen molar-refractivity contribution in [1.29, 1.82) is 0 Å². The molecule has 1 aromatic heterocycles. The molecule has 0 aliphatic carbocycles. The maximum absolute atomic E-state index is 11.8. The molecule has 0 aliphatic heterocycles. The van der Waals surface area contributed by atoms with Gasteiger partial charge in [0, 0.05) is 0 Å². The number of hydrogen-bond acceptors (Lipinski definition) is 3. The first-order valence-electron chi connectivity index (χ1n) is 5.27. The van der Waals surface area contributed by atoms with E-state index in [4.69, 9.17) is 16.0 Å². The number of amides is 1. The van der Waals surface area contributed by atoms with Crippen LogP contribution in [0.25, 0.3) is 0 Å². The van der Waals surface area contributed by atoms with Gasteiger partial charge in [0.2, 0.25) is 5.24 Å². The van der Waals surface area contributed by atoms with E-state index in [2.05, 4.69) is 5.32 Å². The number of carbonyl (C=O) groups is 2. The fraction of sp³-hybridized carbons (Fsp3) is 0.0769. The highest BCUT2D eigenvalue weighted by Crippen LogP contribution is 2.16. The Morgan fingerprint density at radius 1 is 1.11 bits per heavy atom. The van der Waals surface area contributed by atoms with Crippen LogP contribution in [0.1, 0.15) is 22.2 Å². The Labute approximate surface area is 109 Å². The van der Waals surface area contributed by atoms with Crippen LogP contribution >= 0.6 is 11.6 Å². The third-order valence-corrected chi connectivity index (χ3v) is 2.60. The van der Waals surface area contributed by atoms with Crippen molar-refractivity contribution in [2.24, 2.45) is 0 Å². The van der Waals surface area contributed by atoms with Crippen molar-refractivity contribution < 1.29 is 14.0 Å². The van der Waals surface area contributed by atoms with Crippen LogP contribution < -0.4 is 5.32 Å². The predicted molar refractivity (Wildman–Crippen MR) is 66.2 cm³/mol. The van der Waals surface area contributed by atoms with Gasteiger partial charge in [-0.15, -0.1) is 0 Å². The minimum absolute atomic E-state index is 0.133. The zero-order valence-electron chi connectivity index (χ0n) is 9.30. The number of furan rings is 1. The van der Waals surface area contributed by atoms with E-state index in [0.29, 0.717) is 5.56 Å². The van der Waals surface area contributed by atoms with Crippen molar-refractivity contribution in [2.45, 2.75) is 6.04 Å². The number of hydrogen-bond donors (Lipinski definition) is 1. The van der Waals surface area contributed by atoms with Crippen LogP contribution in [0.15, 0.2) is 53.1 Å². The van der Waals surface area contributed by atoms with E-state index in [-0.39, 0.29) is 5.76 Å². The van der Waals surface area contributed by atoms with Crippen LogP contribution in [0, 0.1) is 0 Å². The summed E-state index contributed by atoms with van der Waals surface area (Å²) in [5.74, 6) is -0.350. The highest BCUT2D eigenvalue weighted by molar-refractivity contribution is 6.64. The Bertz CT molecular complexity index is 537. The van der Waals surface area contributed by atoms with Gasteiger partial charge in [0.05, 0.1) is 6.26 Å². The highest BCUT2D eigenvalue weighted by atomic mass is 35.5. The van der Waals surface area contributed by atoms with E-state index < -0.39 is 17.2 Å². The van der Waals surface area contributed by atoms with Crippen molar-refractivity contribution >= 4 is 22.8 Å². The Morgan fingerprint density at radius 2 is 1.83 bits per heavy atom. The molecule has 0 aliphatic rings. The number of halogens is 1. The lowest BCUT2D eigenvalue weighted by Gasteiger charge is -2.14. The Hall–Kier alpha value is -2.07. The van der Waals surface area contributed by atoms with Gasteiger partial charge in [-0.2, -0.15) is 0 Å². The summed E-state index contributed by atoms with van der Waals surface area (Å²) >= 11 is 5.50. The normalized spacial score (nSPS) is 11.8. The second kappa shape index (κ2) is 5.51. The molecule has 2 aromatic rings. The van der Waals surface area contributed by atoms with Gasteiger partial charge in [0.15, 0.2) is 5.76 Å². The van der Waals surface area contributed by atoms with E-state index in [1.807, 2.05) is 6.07 Å². The lowest BCUT2D eigenvalue weighted by atomic mass is 10.1. The second-order valence-corrected chi connectivity index (χ2v) is 3.97. The van der Waals surface area contributed by atoms with Crippen molar-refractivity contribution in [3.8, 4) is 0 Å². The fourth-order valence-electron chi connectivity index (χ4n) is 1.53. The minimum atomic E-state index is -0.884. The standard InChI is InChI=1S/C13H10ClNO3/c14-12(16)11(9-5-2-1-3-6-9)15-13(17)10-7-4-8-18-10/h1-8,11H,(H,15,17). The largest absolute Gasteiger partial charge is 0.459 e. The molecular weight excluding hydrogens is 254 g/mol. The zero-order chi connectivity index (χ0) is 13.0. The van der Waals surface area contributed by atoms with Crippen molar-refractivity contribution in [2.75, 3.05) is 0 Å². The van der Waals surface area contributed by atoms with Crippen molar-refractivity contribution in [1.82, 2.24) is 5.32 Å². The Kier molecular flexibility index (Phi) is 3.79. The van der Waals surface area contributed by atoms with Crippen LogP contribution in [0.3, 0.4) is 0 Å². The average molecular weight is 264 g/mol. The smallest absolute Gasteiger partial charge is 0.287 e. The van der Waals surface area contributed by atoms with E-state index >= 15 is 0 Å². The van der Waals surface area contributed by atoms with Crippen LogP contribution in [-0.2, 0) is 4.79 Å². The molecule has 1 unspecified atom stereocenters. The summed E-state index contributed by atoms with van der Waals surface area (Å²) in [7, 11) is 0. The minimum Gasteiger partial charge on any atom is -0.459 e. The van der Waals surface area contributed by atoms with Gasteiger partial charge in [-0.3, -0.25) is 9.59 Å². The number of nitrogens with one attached hydrogen (secondary N) is 1. The summed E-state index contributed by atoms with van der Waals surface area (Å²) in [6.07, 6.45) is 1.38. The first-order chi connectivity index (χ1) is 8.68. The summed E-state index contributed by atoms with van der Waals surface area (Å²) in [5, 5.41) is 1.87. The van der Waals surface area contributed by atoms with Crippen LogP contribution in [0.4, 0.5) is 0 Å². The predicted octanol–water partition coefficient (Wildman–Crippen LogP) is 2.52. The van der Waals surface area contributed by atoms with Crippen molar-refractivity contribution in [3.05, 3.63) is 60.1 Å². The first kappa shape index (κ1) is 12.4. The van der Waals surface area contributed by atoms with E-state index in [0.717, 1.165) is 0 Å². The Balaban J connectivity index is 2.18. The molecular formula is C13H10ClNO3. The van der Waals surface area contributed by atoms with Gasteiger partial charge in [0.1, 0.15) is 6.04 Å². The first-order valence-corrected chi connectivity index (χ1v) is 5.65. The van der Waals surface area contributed by atoms with Gasteiger partial charge < -0.3 is 9.73 Å². The maximum Gasteiger partial charge on any atom is 0.287 e. The summed E-state index contributed by atoms with van der Waals surface area (Å²) in [6.45, 7) is 0. The number of carbonyl (C=O) groups excluding carboxylic acids is 2. The molecule has 0 spiro atoms. The molecule has 1 atom stereocenters. The molecule has 5 heteroatoms. The van der Waals surface area contributed by atoms with Crippen molar-refractivity contribution in [3.63, 3.8) is 0 Å². The van der Waals surface area contributed by atoms with Gasteiger partial charge in [-0.05, 0) is 29.3 Å². The van der Waals surface area contributed by atoms with Crippen LogP contribution in [-0.4, -0.2) is 11.1 Å². The molecule has 0 saturated carbocycles. The number of benzene rings is 1. The molecule has 1 amide bonds. The number of rotatable bonds is 4. The molecule has 1 heterocycles. The molecule has 4 nitrogen and oxygen atoms in total. The molecule has 0 fully saturated rings. The zero-order valence-corrected chi connectivity index (χ0v) is 10.1. The summed E-state index contributed by atoms with van der Waals surface area (Å²) in [5.41, 5.74) is 0.623. The molecule has 92 valence electrons. The van der Waals surface area contributed by atoms with E-state index in [1.165, 1.54) is 12.3 Å². The molecule has 0 saturated heterocycles. The quantitative estimate of drug-likeness (QED) is 0.863. The SMILES string of the molecule is O=C(NC(C(=O)Cl)c1ccccc1)c1ccco1. The van der Waals surface area contributed by atoms with E-state index in [1.54, 1.807) is 30.3 Å². The summed E-state index contributed by atoms with van der Waals surface area (Å²) < 4.78 is 4.95. The van der Waals surface area contributed by atoms with E-state index in [9.17, 15) is 9.59 Å². The van der Waals surface area contributed by atoms with Crippen LogP contribution in [0.2, 0.25) is 0 Å². The molecule has 1 aromatic carbocycles. The van der Waals surface area contributed by atoms with Gasteiger partial charge in [-0.25, -0.2) is 0 Å². The monoisotopic (exact) mass is 263 g/mol. The lowest BCUT2D eigenvalue weighted by molar-refractivity contribution is -0.113. The third-order valence-electron chi connectivity index (χ3n) is 2.38. The summed E-state index contributed by atoms with van der Waals surface area (Å²) in [6, 6.07) is 11.0. The lowest BCUT2D eigenvalue weighted by Crippen LogP contribution is -2.31. The highest BCUT2D eigenvalue weighted by Gasteiger charge is 2.22. The average Bonchev–Trinajstić information content (AvgIpc) is 2.90. The topological polar surface area (TPSA) is 59.3 Å². The second-order valence-electron chi connectivity index (χ2n) is 3.60. The summed E-state index contributed by atoms with van der Waals surface area (Å²) in [4.78, 5) is 23.1. The van der Waals surface area contributed by atoms with Gasteiger partial charge in [0.25, 0.3) is 5.91 Å². The van der Waals surface area contributed by atoms with Gasteiger partial charge in [-0.1, -0.05) is 30.3 Å². The fourth-order valence-corrected chi connectivity index (χ4v) is 1.71. The Morgan fingerprint density at radius 3 is 2.39 bits per heavy atom. The molecule has 2 rings (SSSR count). The molecule has 18 heavy (non-hydrogen) atoms. The molecule has 0 bridgehead atoms. The maximum atomic E-state index is 11.8. The third kappa shape index (κ3) is 2.78.